The van der Waals surface area contributed by atoms with Gasteiger partial charge in [0.2, 0.25) is 0 Å². The summed E-state index contributed by atoms with van der Waals surface area (Å²) in [7, 11) is 1.58. The summed E-state index contributed by atoms with van der Waals surface area (Å²) in [5.41, 5.74) is 7.52. The lowest BCUT2D eigenvalue weighted by molar-refractivity contribution is 0.146. The quantitative estimate of drug-likeness (QED) is 0.481. The molecule has 0 saturated heterocycles. The highest BCUT2D eigenvalue weighted by atomic mass is 35.5. The summed E-state index contributed by atoms with van der Waals surface area (Å²) in [6.07, 6.45) is 1.38. The zero-order chi connectivity index (χ0) is 16.9. The first-order valence-corrected chi connectivity index (χ1v) is 7.36. The predicted octanol–water partition coefficient (Wildman–Crippen LogP) is 3.96. The molecular formula is C17H19Cl2FN4O2. The Balaban J connectivity index is 0.00000169. The predicted molar refractivity (Wildman–Crippen MR) is 106 cm³/mol. The number of fused-ring (bicyclic) bond motifs is 1. The summed E-state index contributed by atoms with van der Waals surface area (Å²) in [5, 5.41) is 3.38. The zero-order valence-electron chi connectivity index (χ0n) is 13.9. The molecule has 1 aromatic heterocycles. The first-order chi connectivity index (χ1) is 11.7. The second-order valence-electron chi connectivity index (χ2n) is 5.11. The molecule has 0 atom stereocenters. The third-order valence-electron chi connectivity index (χ3n) is 3.39. The van der Waals surface area contributed by atoms with E-state index in [0.717, 1.165) is 5.69 Å². The van der Waals surface area contributed by atoms with Gasteiger partial charge in [-0.2, -0.15) is 0 Å². The standard InChI is InChI=1S/C17H17FN4O2.2ClH/c1-23-6-7-24-13-8-14(18)16-15(9-13)20-10-21-17(16)22-12-4-2-11(19)3-5-12;;/h2-5,8-10H,6-7,19H2,1H3,(H,20,21,22);2*1H. The van der Waals surface area contributed by atoms with Crippen molar-refractivity contribution in [1.82, 2.24) is 9.97 Å². The molecule has 0 aliphatic heterocycles. The van der Waals surface area contributed by atoms with E-state index in [0.29, 0.717) is 41.4 Å². The van der Waals surface area contributed by atoms with E-state index in [9.17, 15) is 4.39 Å². The van der Waals surface area contributed by atoms with Crippen molar-refractivity contribution in [3.8, 4) is 5.75 Å². The van der Waals surface area contributed by atoms with E-state index in [1.54, 1.807) is 37.4 Å². The number of rotatable bonds is 6. The number of nitrogens with zero attached hydrogens (tertiary/aromatic N) is 2. The summed E-state index contributed by atoms with van der Waals surface area (Å²) in [6, 6.07) is 10.1. The maximum atomic E-state index is 14.5. The minimum atomic E-state index is -0.460. The molecule has 0 unspecified atom stereocenters. The van der Waals surface area contributed by atoms with E-state index in [1.165, 1.54) is 12.4 Å². The van der Waals surface area contributed by atoms with Crippen molar-refractivity contribution in [3.05, 3.63) is 48.5 Å². The topological polar surface area (TPSA) is 82.3 Å². The molecule has 3 aromatic rings. The fourth-order valence-electron chi connectivity index (χ4n) is 2.24. The van der Waals surface area contributed by atoms with Crippen molar-refractivity contribution >= 4 is 52.9 Å². The highest BCUT2D eigenvalue weighted by molar-refractivity contribution is 5.92. The van der Waals surface area contributed by atoms with Crippen molar-refractivity contribution in [1.29, 1.82) is 0 Å². The van der Waals surface area contributed by atoms with Gasteiger partial charge in [-0.25, -0.2) is 14.4 Å². The third kappa shape index (κ3) is 5.08. The SMILES string of the molecule is COCCOc1cc(F)c2c(Nc3ccc(N)cc3)ncnc2c1.Cl.Cl. The first-order valence-electron chi connectivity index (χ1n) is 7.36. The molecule has 1 heterocycles. The molecule has 9 heteroatoms. The smallest absolute Gasteiger partial charge is 0.144 e. The van der Waals surface area contributed by atoms with Gasteiger partial charge < -0.3 is 20.5 Å². The number of nitrogens with two attached hydrogens (primary N) is 1. The van der Waals surface area contributed by atoms with Crippen LogP contribution in [-0.4, -0.2) is 30.3 Å². The molecule has 0 aliphatic carbocycles. The van der Waals surface area contributed by atoms with Crippen LogP contribution in [0.25, 0.3) is 10.9 Å². The largest absolute Gasteiger partial charge is 0.491 e. The minimum Gasteiger partial charge on any atom is -0.491 e. The van der Waals surface area contributed by atoms with Gasteiger partial charge in [-0.15, -0.1) is 24.8 Å². The van der Waals surface area contributed by atoms with Crippen molar-refractivity contribution < 1.29 is 13.9 Å². The number of nitrogens with one attached hydrogen (secondary N) is 1. The van der Waals surface area contributed by atoms with Crippen LogP contribution >= 0.6 is 24.8 Å². The number of methoxy groups -OCH3 is 1. The van der Waals surface area contributed by atoms with Crippen LogP contribution in [0.5, 0.6) is 5.75 Å². The van der Waals surface area contributed by atoms with Crippen LogP contribution in [0.2, 0.25) is 0 Å². The van der Waals surface area contributed by atoms with E-state index >= 15 is 0 Å². The van der Waals surface area contributed by atoms with Gasteiger partial charge in [0.05, 0.1) is 17.5 Å². The Labute approximate surface area is 162 Å². The van der Waals surface area contributed by atoms with E-state index in [4.69, 9.17) is 15.2 Å². The number of hydrogen-bond donors (Lipinski definition) is 2. The molecule has 6 nitrogen and oxygen atoms in total. The lowest BCUT2D eigenvalue weighted by Crippen LogP contribution is -2.05. The highest BCUT2D eigenvalue weighted by Gasteiger charge is 2.12. The lowest BCUT2D eigenvalue weighted by Gasteiger charge is -2.11. The van der Waals surface area contributed by atoms with Gasteiger partial charge in [-0.3, -0.25) is 0 Å². The van der Waals surface area contributed by atoms with Crippen LogP contribution in [-0.2, 0) is 4.74 Å². The Morgan fingerprint density at radius 2 is 1.81 bits per heavy atom. The number of nitrogen functional groups attached to an aromatic ring is 1. The van der Waals surface area contributed by atoms with Crippen LogP contribution < -0.4 is 15.8 Å². The molecule has 0 saturated carbocycles. The number of halogens is 3. The summed E-state index contributed by atoms with van der Waals surface area (Å²) in [4.78, 5) is 8.26. The summed E-state index contributed by atoms with van der Waals surface area (Å²) in [6.45, 7) is 0.760. The summed E-state index contributed by atoms with van der Waals surface area (Å²) in [5.74, 6) is 0.318. The van der Waals surface area contributed by atoms with Gasteiger partial charge in [0.15, 0.2) is 0 Å². The van der Waals surface area contributed by atoms with Crippen LogP contribution in [0, 0.1) is 5.82 Å². The van der Waals surface area contributed by atoms with E-state index < -0.39 is 5.82 Å². The maximum absolute atomic E-state index is 14.5. The maximum Gasteiger partial charge on any atom is 0.144 e. The Morgan fingerprint density at radius 1 is 1.08 bits per heavy atom. The number of ether oxygens (including phenoxy) is 2. The monoisotopic (exact) mass is 400 g/mol. The number of benzene rings is 2. The lowest BCUT2D eigenvalue weighted by atomic mass is 10.2. The molecule has 2 aromatic carbocycles. The number of anilines is 3. The van der Waals surface area contributed by atoms with E-state index in [1.807, 2.05) is 0 Å². The van der Waals surface area contributed by atoms with Gasteiger partial charge in [-0.05, 0) is 24.3 Å². The molecule has 26 heavy (non-hydrogen) atoms. The average Bonchev–Trinajstić information content (AvgIpc) is 2.57. The second-order valence-corrected chi connectivity index (χ2v) is 5.11. The van der Waals surface area contributed by atoms with Gasteiger partial charge in [-0.1, -0.05) is 0 Å². The summed E-state index contributed by atoms with van der Waals surface area (Å²) >= 11 is 0. The van der Waals surface area contributed by atoms with Crippen molar-refractivity contribution in [2.45, 2.75) is 0 Å². The van der Waals surface area contributed by atoms with Crippen LogP contribution in [0.1, 0.15) is 0 Å². The van der Waals surface area contributed by atoms with Crippen molar-refractivity contribution in [3.63, 3.8) is 0 Å². The number of hydrogen-bond acceptors (Lipinski definition) is 6. The molecule has 3 rings (SSSR count). The fourth-order valence-corrected chi connectivity index (χ4v) is 2.24. The normalized spacial score (nSPS) is 9.92. The van der Waals surface area contributed by atoms with Gasteiger partial charge >= 0.3 is 0 Å². The Hall–Kier alpha value is -2.35. The van der Waals surface area contributed by atoms with Gasteiger partial charge in [0.25, 0.3) is 0 Å². The second kappa shape index (κ2) is 9.96. The average molecular weight is 401 g/mol. The molecular weight excluding hydrogens is 382 g/mol. The molecule has 0 spiro atoms. The Kier molecular flexibility index (Phi) is 8.31. The molecule has 0 radical (unpaired) electrons. The van der Waals surface area contributed by atoms with Gasteiger partial charge in [0, 0.05) is 30.6 Å². The Morgan fingerprint density at radius 3 is 2.50 bits per heavy atom. The molecule has 140 valence electrons. The van der Waals surface area contributed by atoms with Crippen molar-refractivity contribution in [2.24, 2.45) is 0 Å². The molecule has 0 amide bonds. The molecule has 0 bridgehead atoms. The third-order valence-corrected chi connectivity index (χ3v) is 3.39. The fraction of sp³-hybridized carbons (Fsp3) is 0.176. The van der Waals surface area contributed by atoms with Crippen LogP contribution in [0.4, 0.5) is 21.6 Å². The number of aromatic nitrogens is 2. The molecule has 0 fully saturated rings. The minimum absolute atomic E-state index is 0. The van der Waals surface area contributed by atoms with Crippen molar-refractivity contribution in [2.75, 3.05) is 31.4 Å². The first kappa shape index (κ1) is 21.7. The molecule has 0 aliphatic rings. The Bertz CT molecular complexity index is 850. The van der Waals surface area contributed by atoms with E-state index in [-0.39, 0.29) is 24.8 Å². The van der Waals surface area contributed by atoms with Gasteiger partial charge in [0.1, 0.15) is 30.3 Å². The van der Waals surface area contributed by atoms with Crippen LogP contribution in [0.15, 0.2) is 42.7 Å². The van der Waals surface area contributed by atoms with Crippen LogP contribution in [0.3, 0.4) is 0 Å². The van der Waals surface area contributed by atoms with E-state index in [2.05, 4.69) is 15.3 Å². The summed E-state index contributed by atoms with van der Waals surface area (Å²) < 4.78 is 24.9. The zero-order valence-corrected chi connectivity index (χ0v) is 15.6. The molecule has 3 N–H and O–H groups in total. The highest BCUT2D eigenvalue weighted by Crippen LogP contribution is 2.29.